The van der Waals surface area contributed by atoms with Gasteiger partial charge in [0, 0.05) is 23.4 Å². The Morgan fingerprint density at radius 2 is 2.14 bits per heavy atom. The summed E-state index contributed by atoms with van der Waals surface area (Å²) in [6.45, 7) is 3.83. The van der Waals surface area contributed by atoms with Gasteiger partial charge in [-0.25, -0.2) is 4.98 Å². The Bertz CT molecular complexity index is 736. The highest BCUT2D eigenvalue weighted by Gasteiger charge is 2.30. The van der Waals surface area contributed by atoms with Gasteiger partial charge in [-0.3, -0.25) is 0 Å². The average Bonchev–Trinajstić information content (AvgIpc) is 2.93. The van der Waals surface area contributed by atoms with Crippen molar-refractivity contribution < 1.29 is 9.47 Å². The summed E-state index contributed by atoms with van der Waals surface area (Å²) in [6.07, 6.45) is 0.704. The molecule has 0 spiro atoms. The summed E-state index contributed by atoms with van der Waals surface area (Å²) >= 11 is 5.98. The van der Waals surface area contributed by atoms with Gasteiger partial charge in [0.05, 0.1) is 30.4 Å². The van der Waals surface area contributed by atoms with E-state index in [1.165, 1.54) is 0 Å². The summed E-state index contributed by atoms with van der Waals surface area (Å²) in [5.41, 5.74) is 1.29. The number of halogens is 1. The van der Waals surface area contributed by atoms with E-state index in [4.69, 9.17) is 21.1 Å². The van der Waals surface area contributed by atoms with E-state index >= 15 is 0 Å². The van der Waals surface area contributed by atoms with Gasteiger partial charge in [-0.15, -0.1) is 0 Å². The van der Waals surface area contributed by atoms with Gasteiger partial charge in [0.15, 0.2) is 5.79 Å². The number of anilines is 1. The molecule has 1 aromatic heterocycles. The fourth-order valence-corrected chi connectivity index (χ4v) is 2.67. The molecule has 0 saturated carbocycles. The van der Waals surface area contributed by atoms with Crippen LogP contribution in [-0.2, 0) is 9.47 Å². The molecule has 6 heteroatoms. The molecule has 3 rings (SSSR count). The quantitative estimate of drug-likeness (QED) is 0.937. The first-order chi connectivity index (χ1) is 10.6. The molecule has 1 aliphatic heterocycles. The average molecular weight is 318 g/mol. The molecule has 0 radical (unpaired) electrons. The van der Waals surface area contributed by atoms with Crippen molar-refractivity contribution >= 4 is 28.3 Å². The van der Waals surface area contributed by atoms with Crippen molar-refractivity contribution in [2.24, 2.45) is 0 Å². The Morgan fingerprint density at radius 3 is 2.86 bits per heavy atom. The van der Waals surface area contributed by atoms with Crippen molar-refractivity contribution in [3.63, 3.8) is 0 Å². The van der Waals surface area contributed by atoms with E-state index in [9.17, 15) is 5.26 Å². The number of ether oxygens (including phenoxy) is 2. The minimum absolute atomic E-state index is 0.532. The molecule has 1 aromatic carbocycles. The van der Waals surface area contributed by atoms with Crippen molar-refractivity contribution in [1.29, 1.82) is 5.26 Å². The standard InChI is InChI=1S/C16H16ClN3O2/c1-16(21-6-7-22-16)4-5-19-15-8-11(10-18)13-9-12(17)2-3-14(13)20-15/h2-3,8-9H,4-7H2,1H3,(H,19,20). The normalized spacial score (nSPS) is 16.6. The van der Waals surface area contributed by atoms with Crippen LogP contribution in [0, 0.1) is 11.3 Å². The third-order valence-electron chi connectivity index (χ3n) is 3.67. The molecule has 5 nitrogen and oxygen atoms in total. The lowest BCUT2D eigenvalue weighted by molar-refractivity contribution is -0.144. The van der Waals surface area contributed by atoms with E-state index in [0.717, 1.165) is 10.9 Å². The highest BCUT2D eigenvalue weighted by Crippen LogP contribution is 2.25. The van der Waals surface area contributed by atoms with E-state index < -0.39 is 5.79 Å². The second-order valence-corrected chi connectivity index (χ2v) is 5.77. The highest BCUT2D eigenvalue weighted by molar-refractivity contribution is 6.31. The molecule has 0 aliphatic carbocycles. The number of benzene rings is 1. The molecule has 1 saturated heterocycles. The third-order valence-corrected chi connectivity index (χ3v) is 3.91. The van der Waals surface area contributed by atoms with Gasteiger partial charge in [-0.2, -0.15) is 5.26 Å². The van der Waals surface area contributed by atoms with Crippen LogP contribution in [0.25, 0.3) is 10.9 Å². The molecule has 2 heterocycles. The molecule has 0 atom stereocenters. The van der Waals surface area contributed by atoms with Crippen LogP contribution < -0.4 is 5.32 Å². The molecule has 1 N–H and O–H groups in total. The van der Waals surface area contributed by atoms with Gasteiger partial charge in [-0.1, -0.05) is 11.6 Å². The van der Waals surface area contributed by atoms with E-state index in [2.05, 4.69) is 16.4 Å². The van der Waals surface area contributed by atoms with Gasteiger partial charge in [0.2, 0.25) is 0 Å². The van der Waals surface area contributed by atoms with Gasteiger partial charge in [0.1, 0.15) is 5.82 Å². The Balaban J connectivity index is 1.77. The SMILES string of the molecule is CC1(CCNc2cc(C#N)c3cc(Cl)ccc3n2)OCCO1. The lowest BCUT2D eigenvalue weighted by Gasteiger charge is -2.22. The summed E-state index contributed by atoms with van der Waals surface area (Å²) in [7, 11) is 0. The van der Waals surface area contributed by atoms with E-state index in [1.807, 2.05) is 13.0 Å². The number of fused-ring (bicyclic) bond motifs is 1. The van der Waals surface area contributed by atoms with Crippen LogP contribution in [0.15, 0.2) is 24.3 Å². The predicted octanol–water partition coefficient (Wildman–Crippen LogP) is 3.32. The van der Waals surface area contributed by atoms with Crippen molar-refractivity contribution in [2.45, 2.75) is 19.1 Å². The first kappa shape index (κ1) is 15.0. The van der Waals surface area contributed by atoms with Crippen molar-refractivity contribution in [3.8, 4) is 6.07 Å². The second kappa shape index (κ2) is 6.09. The zero-order chi connectivity index (χ0) is 15.6. The van der Waals surface area contributed by atoms with E-state index in [1.54, 1.807) is 18.2 Å². The van der Waals surface area contributed by atoms with Gasteiger partial charge < -0.3 is 14.8 Å². The Kier molecular flexibility index (Phi) is 4.16. The third kappa shape index (κ3) is 3.14. The van der Waals surface area contributed by atoms with Crippen LogP contribution in [0.2, 0.25) is 5.02 Å². The van der Waals surface area contributed by atoms with E-state index in [0.29, 0.717) is 42.6 Å². The lowest BCUT2D eigenvalue weighted by atomic mass is 10.1. The molecule has 0 bridgehead atoms. The molecule has 1 fully saturated rings. The molecule has 2 aromatic rings. The van der Waals surface area contributed by atoms with Gasteiger partial charge in [-0.05, 0) is 31.2 Å². The fourth-order valence-electron chi connectivity index (χ4n) is 2.50. The number of nitrogens with zero attached hydrogens (tertiary/aromatic N) is 2. The maximum atomic E-state index is 9.30. The number of rotatable bonds is 4. The summed E-state index contributed by atoms with van der Waals surface area (Å²) in [4.78, 5) is 4.51. The van der Waals surface area contributed by atoms with Crippen LogP contribution in [-0.4, -0.2) is 30.5 Å². The zero-order valence-corrected chi connectivity index (χ0v) is 13.0. The molecular weight excluding hydrogens is 302 g/mol. The smallest absolute Gasteiger partial charge is 0.167 e. The predicted molar refractivity (Wildman–Crippen MR) is 84.9 cm³/mol. The summed E-state index contributed by atoms with van der Waals surface area (Å²) in [5.74, 6) is 0.128. The van der Waals surface area contributed by atoms with Crippen molar-refractivity contribution in [2.75, 3.05) is 25.1 Å². The fraction of sp³-hybridized carbons (Fsp3) is 0.375. The minimum atomic E-state index is -0.532. The van der Waals surface area contributed by atoms with Crippen LogP contribution in [0.4, 0.5) is 5.82 Å². The minimum Gasteiger partial charge on any atom is -0.370 e. The van der Waals surface area contributed by atoms with Crippen LogP contribution in [0.1, 0.15) is 18.9 Å². The number of nitrogens with one attached hydrogen (secondary N) is 1. The summed E-state index contributed by atoms with van der Waals surface area (Å²) in [6, 6.07) is 9.26. The van der Waals surface area contributed by atoms with Crippen molar-refractivity contribution in [3.05, 3.63) is 34.9 Å². The maximum absolute atomic E-state index is 9.30. The number of pyridine rings is 1. The Hall–Kier alpha value is -1.87. The number of hydrogen-bond donors (Lipinski definition) is 1. The zero-order valence-electron chi connectivity index (χ0n) is 12.2. The topological polar surface area (TPSA) is 67.2 Å². The van der Waals surface area contributed by atoms with Crippen molar-refractivity contribution in [1.82, 2.24) is 4.98 Å². The second-order valence-electron chi connectivity index (χ2n) is 5.34. The molecule has 0 amide bonds. The number of nitriles is 1. The van der Waals surface area contributed by atoms with Crippen LogP contribution in [0.5, 0.6) is 0 Å². The Labute approximate surface area is 133 Å². The van der Waals surface area contributed by atoms with Crippen LogP contribution >= 0.6 is 11.6 Å². The Morgan fingerprint density at radius 1 is 1.36 bits per heavy atom. The first-order valence-corrected chi connectivity index (χ1v) is 7.50. The monoisotopic (exact) mass is 317 g/mol. The maximum Gasteiger partial charge on any atom is 0.167 e. The molecule has 1 aliphatic rings. The molecule has 114 valence electrons. The highest BCUT2D eigenvalue weighted by atomic mass is 35.5. The number of aromatic nitrogens is 1. The molecule has 22 heavy (non-hydrogen) atoms. The summed E-state index contributed by atoms with van der Waals surface area (Å²) < 4.78 is 11.1. The van der Waals surface area contributed by atoms with E-state index in [-0.39, 0.29) is 0 Å². The van der Waals surface area contributed by atoms with Crippen LogP contribution in [0.3, 0.4) is 0 Å². The number of hydrogen-bond acceptors (Lipinski definition) is 5. The molecular formula is C16H16ClN3O2. The largest absolute Gasteiger partial charge is 0.370 e. The van der Waals surface area contributed by atoms with Gasteiger partial charge >= 0.3 is 0 Å². The summed E-state index contributed by atoms with van der Waals surface area (Å²) in [5, 5.41) is 13.9. The first-order valence-electron chi connectivity index (χ1n) is 7.12. The lowest BCUT2D eigenvalue weighted by Crippen LogP contribution is -2.28. The van der Waals surface area contributed by atoms with Gasteiger partial charge in [0.25, 0.3) is 0 Å². The molecule has 0 unspecified atom stereocenters.